The van der Waals surface area contributed by atoms with Crippen molar-refractivity contribution in [3.8, 4) is 0 Å². The van der Waals surface area contributed by atoms with Crippen LogP contribution in [0.25, 0.3) is 0 Å². The van der Waals surface area contributed by atoms with Crippen molar-refractivity contribution in [3.05, 3.63) is 0 Å². The summed E-state index contributed by atoms with van der Waals surface area (Å²) >= 11 is 3.62. The molecule has 3 unspecified atom stereocenters. The van der Waals surface area contributed by atoms with E-state index in [0.717, 1.165) is 12.5 Å². The SMILES string of the molecule is BrC1CCC2CCOC12. The number of halogens is 1. The summed E-state index contributed by atoms with van der Waals surface area (Å²) in [6.45, 7) is 0.997. The Bertz CT molecular complexity index is 115. The molecule has 1 aliphatic heterocycles. The number of ether oxygens (including phenoxy) is 1. The maximum absolute atomic E-state index is 5.54. The molecule has 1 heterocycles. The molecule has 1 nitrogen and oxygen atoms in total. The molecule has 52 valence electrons. The normalized spacial score (nSPS) is 49.7. The molecule has 9 heavy (non-hydrogen) atoms. The van der Waals surface area contributed by atoms with E-state index in [1.165, 1.54) is 19.3 Å². The van der Waals surface area contributed by atoms with Crippen LogP contribution in [0.4, 0.5) is 0 Å². The summed E-state index contributed by atoms with van der Waals surface area (Å²) in [6, 6.07) is 0. The van der Waals surface area contributed by atoms with Gasteiger partial charge in [-0.05, 0) is 25.2 Å². The van der Waals surface area contributed by atoms with Crippen molar-refractivity contribution in [3.63, 3.8) is 0 Å². The van der Waals surface area contributed by atoms with Gasteiger partial charge in [-0.2, -0.15) is 0 Å². The van der Waals surface area contributed by atoms with E-state index in [-0.39, 0.29) is 0 Å². The van der Waals surface area contributed by atoms with Crippen molar-refractivity contribution in [2.45, 2.75) is 30.2 Å². The molecule has 0 radical (unpaired) electrons. The Labute approximate surface area is 63.9 Å². The highest BCUT2D eigenvalue weighted by Gasteiger charge is 2.38. The monoisotopic (exact) mass is 190 g/mol. The zero-order valence-electron chi connectivity index (χ0n) is 5.35. The van der Waals surface area contributed by atoms with Crippen molar-refractivity contribution < 1.29 is 4.74 Å². The molecule has 2 heteroatoms. The number of hydrogen-bond donors (Lipinski definition) is 0. The molecule has 0 aromatic carbocycles. The summed E-state index contributed by atoms with van der Waals surface area (Å²) in [7, 11) is 0. The van der Waals surface area contributed by atoms with E-state index >= 15 is 0 Å². The zero-order chi connectivity index (χ0) is 6.27. The fourth-order valence-electron chi connectivity index (χ4n) is 1.90. The molecule has 3 atom stereocenters. The lowest BCUT2D eigenvalue weighted by atomic mass is 10.1. The van der Waals surface area contributed by atoms with Crippen LogP contribution in [0.2, 0.25) is 0 Å². The molecule has 0 N–H and O–H groups in total. The van der Waals surface area contributed by atoms with Crippen molar-refractivity contribution in [1.82, 2.24) is 0 Å². The van der Waals surface area contributed by atoms with Gasteiger partial charge >= 0.3 is 0 Å². The predicted molar refractivity (Wildman–Crippen MR) is 39.8 cm³/mol. The van der Waals surface area contributed by atoms with Gasteiger partial charge in [-0.25, -0.2) is 0 Å². The van der Waals surface area contributed by atoms with Crippen molar-refractivity contribution >= 4 is 15.9 Å². The summed E-state index contributed by atoms with van der Waals surface area (Å²) in [6.07, 6.45) is 4.55. The number of rotatable bonds is 0. The van der Waals surface area contributed by atoms with Gasteiger partial charge in [0.25, 0.3) is 0 Å². The fraction of sp³-hybridized carbons (Fsp3) is 1.00. The maximum Gasteiger partial charge on any atom is 0.0728 e. The highest BCUT2D eigenvalue weighted by atomic mass is 79.9. The molecule has 0 aromatic rings. The molecule has 0 amide bonds. The Kier molecular flexibility index (Phi) is 1.54. The molecule has 0 bridgehead atoms. The van der Waals surface area contributed by atoms with Crippen LogP contribution in [0, 0.1) is 5.92 Å². The van der Waals surface area contributed by atoms with Gasteiger partial charge in [0, 0.05) is 11.4 Å². The summed E-state index contributed by atoms with van der Waals surface area (Å²) in [4.78, 5) is 0.657. The van der Waals surface area contributed by atoms with Crippen LogP contribution in [0.3, 0.4) is 0 Å². The smallest absolute Gasteiger partial charge is 0.0728 e. The summed E-state index contributed by atoms with van der Waals surface area (Å²) in [5.41, 5.74) is 0. The van der Waals surface area contributed by atoms with Crippen LogP contribution in [-0.4, -0.2) is 17.5 Å². The van der Waals surface area contributed by atoms with E-state index in [0.29, 0.717) is 10.9 Å². The lowest BCUT2D eigenvalue weighted by Gasteiger charge is -2.10. The molecule has 1 saturated carbocycles. The Morgan fingerprint density at radius 1 is 1.22 bits per heavy atom. The van der Waals surface area contributed by atoms with E-state index in [1.807, 2.05) is 0 Å². The molecule has 2 fully saturated rings. The highest BCUT2D eigenvalue weighted by Crippen LogP contribution is 2.39. The average Bonchev–Trinajstić information content (AvgIpc) is 2.35. The predicted octanol–water partition coefficient (Wildman–Crippen LogP) is 1.95. The number of hydrogen-bond acceptors (Lipinski definition) is 1. The zero-order valence-corrected chi connectivity index (χ0v) is 6.93. The number of fused-ring (bicyclic) bond motifs is 1. The summed E-state index contributed by atoms with van der Waals surface area (Å²) < 4.78 is 5.54. The van der Waals surface area contributed by atoms with E-state index in [9.17, 15) is 0 Å². The van der Waals surface area contributed by atoms with Crippen molar-refractivity contribution in [1.29, 1.82) is 0 Å². The summed E-state index contributed by atoms with van der Waals surface area (Å²) in [5.74, 6) is 0.884. The van der Waals surface area contributed by atoms with Gasteiger partial charge in [-0.3, -0.25) is 0 Å². The van der Waals surface area contributed by atoms with Crippen LogP contribution in [0.15, 0.2) is 0 Å². The minimum atomic E-state index is 0.560. The highest BCUT2D eigenvalue weighted by molar-refractivity contribution is 9.09. The Morgan fingerprint density at radius 3 is 2.89 bits per heavy atom. The topological polar surface area (TPSA) is 9.23 Å². The first-order valence-electron chi connectivity index (χ1n) is 3.63. The maximum atomic E-state index is 5.54. The van der Waals surface area contributed by atoms with E-state index < -0.39 is 0 Å². The van der Waals surface area contributed by atoms with E-state index in [4.69, 9.17) is 4.74 Å². The van der Waals surface area contributed by atoms with Gasteiger partial charge in [0.2, 0.25) is 0 Å². The Balaban J connectivity index is 2.07. The molecule has 2 aliphatic rings. The van der Waals surface area contributed by atoms with Crippen molar-refractivity contribution in [2.24, 2.45) is 5.92 Å². The third-order valence-corrected chi connectivity index (χ3v) is 3.41. The third kappa shape index (κ3) is 0.926. The molecular weight excluding hydrogens is 180 g/mol. The molecule has 2 rings (SSSR count). The lowest BCUT2D eigenvalue weighted by Crippen LogP contribution is -2.17. The largest absolute Gasteiger partial charge is 0.377 e. The lowest BCUT2D eigenvalue weighted by molar-refractivity contribution is 0.108. The van der Waals surface area contributed by atoms with Gasteiger partial charge in [0.1, 0.15) is 0 Å². The standard InChI is InChI=1S/C7H11BrO/c8-6-2-1-5-3-4-9-7(5)6/h5-7H,1-4H2. The molecule has 0 aromatic heterocycles. The van der Waals surface area contributed by atoms with E-state index in [1.54, 1.807) is 0 Å². The van der Waals surface area contributed by atoms with Crippen molar-refractivity contribution in [2.75, 3.05) is 6.61 Å². The van der Waals surface area contributed by atoms with Crippen LogP contribution >= 0.6 is 15.9 Å². The van der Waals surface area contributed by atoms with Gasteiger partial charge in [0.15, 0.2) is 0 Å². The molecule has 1 aliphatic carbocycles. The second-order valence-electron chi connectivity index (χ2n) is 2.98. The Hall–Kier alpha value is 0.440. The summed E-state index contributed by atoms with van der Waals surface area (Å²) in [5, 5.41) is 0. The molecule has 0 spiro atoms. The second-order valence-corrected chi connectivity index (χ2v) is 4.15. The minimum absolute atomic E-state index is 0.560. The first-order chi connectivity index (χ1) is 4.38. The number of alkyl halides is 1. The molecular formula is C7H11BrO. The van der Waals surface area contributed by atoms with Crippen LogP contribution < -0.4 is 0 Å². The first kappa shape index (κ1) is 6.17. The molecule has 1 saturated heterocycles. The quantitative estimate of drug-likeness (QED) is 0.531. The van der Waals surface area contributed by atoms with Gasteiger partial charge in [0.05, 0.1) is 6.10 Å². The van der Waals surface area contributed by atoms with Crippen LogP contribution in [0.5, 0.6) is 0 Å². The van der Waals surface area contributed by atoms with Gasteiger partial charge < -0.3 is 4.74 Å². The fourth-order valence-corrected chi connectivity index (χ4v) is 2.75. The third-order valence-electron chi connectivity index (χ3n) is 2.43. The van der Waals surface area contributed by atoms with Crippen LogP contribution in [-0.2, 0) is 4.74 Å². The Morgan fingerprint density at radius 2 is 2.11 bits per heavy atom. The minimum Gasteiger partial charge on any atom is -0.377 e. The van der Waals surface area contributed by atoms with Gasteiger partial charge in [-0.15, -0.1) is 0 Å². The van der Waals surface area contributed by atoms with Crippen LogP contribution in [0.1, 0.15) is 19.3 Å². The second kappa shape index (κ2) is 2.24. The van der Waals surface area contributed by atoms with Gasteiger partial charge in [-0.1, -0.05) is 15.9 Å². The first-order valence-corrected chi connectivity index (χ1v) is 4.55. The van der Waals surface area contributed by atoms with E-state index in [2.05, 4.69) is 15.9 Å². The average molecular weight is 191 g/mol.